The predicted octanol–water partition coefficient (Wildman–Crippen LogP) is 1.70. The van der Waals surface area contributed by atoms with E-state index in [0.29, 0.717) is 19.8 Å². The van der Waals surface area contributed by atoms with Crippen LogP contribution in [-0.2, 0) is 19.4 Å². The van der Waals surface area contributed by atoms with Gasteiger partial charge in [0.25, 0.3) is 0 Å². The molecule has 1 saturated heterocycles. The van der Waals surface area contributed by atoms with Crippen molar-refractivity contribution in [3.8, 4) is 0 Å². The van der Waals surface area contributed by atoms with Crippen molar-refractivity contribution in [1.82, 2.24) is 10.2 Å². The number of nitrogens with one attached hydrogen (secondary N) is 1. The van der Waals surface area contributed by atoms with Crippen molar-refractivity contribution in [3.63, 3.8) is 0 Å². The van der Waals surface area contributed by atoms with E-state index in [4.69, 9.17) is 4.74 Å². The summed E-state index contributed by atoms with van der Waals surface area (Å²) in [6.07, 6.45) is 0. The number of halogens is 1. The van der Waals surface area contributed by atoms with Crippen molar-refractivity contribution < 1.29 is 17.9 Å². The van der Waals surface area contributed by atoms with Crippen LogP contribution >= 0.6 is 15.9 Å². The molecule has 140 valence electrons. The molecule has 1 N–H and O–H groups in total. The van der Waals surface area contributed by atoms with E-state index in [1.165, 1.54) is 0 Å². The van der Waals surface area contributed by atoms with Crippen molar-refractivity contribution in [1.29, 1.82) is 0 Å². The van der Waals surface area contributed by atoms with Crippen LogP contribution < -0.4 is 5.32 Å². The molecular weight excluding hydrogens is 408 g/mol. The molecule has 2 atom stereocenters. The van der Waals surface area contributed by atoms with Crippen LogP contribution in [0.15, 0.2) is 33.6 Å². The maximum atomic E-state index is 12.4. The van der Waals surface area contributed by atoms with Crippen LogP contribution in [-0.4, -0.2) is 63.9 Å². The van der Waals surface area contributed by atoms with E-state index in [9.17, 15) is 13.2 Å². The first-order valence-electron chi connectivity index (χ1n) is 8.37. The van der Waals surface area contributed by atoms with Crippen LogP contribution in [0.25, 0.3) is 0 Å². The second-order valence-corrected chi connectivity index (χ2v) is 9.33. The highest BCUT2D eigenvalue weighted by Gasteiger charge is 2.24. The number of amides is 1. The molecule has 2 rings (SSSR count). The third kappa shape index (κ3) is 6.06. The lowest BCUT2D eigenvalue weighted by molar-refractivity contribution is -0.124. The summed E-state index contributed by atoms with van der Waals surface area (Å²) < 4.78 is 31.0. The van der Waals surface area contributed by atoms with Gasteiger partial charge in [-0.1, -0.05) is 22.9 Å². The number of morpholine rings is 1. The number of carbonyl (C=O) groups excluding carboxylic acids is 1. The summed E-state index contributed by atoms with van der Waals surface area (Å²) in [4.78, 5) is 14.8. The Bertz CT molecular complexity index is 672. The fourth-order valence-electron chi connectivity index (χ4n) is 2.71. The maximum Gasteiger partial charge on any atom is 0.223 e. The van der Waals surface area contributed by atoms with E-state index < -0.39 is 15.8 Å². The molecule has 1 fully saturated rings. The molecular formula is C17H25BrN2O4S. The lowest BCUT2D eigenvalue weighted by Crippen LogP contribution is -2.48. The van der Waals surface area contributed by atoms with Gasteiger partial charge in [0.05, 0.1) is 23.9 Å². The zero-order chi connectivity index (χ0) is 18.4. The molecule has 0 spiro atoms. The smallest absolute Gasteiger partial charge is 0.223 e. The SMILES string of the molecule is C[C@H](CS(=O)(=O)c1ccc(Br)cc1)C(=O)NC[C@H](C)N1CCOCC1. The number of benzene rings is 1. The van der Waals surface area contributed by atoms with Gasteiger partial charge in [-0.05, 0) is 31.2 Å². The summed E-state index contributed by atoms with van der Waals surface area (Å²) in [6.45, 7) is 7.32. The minimum absolute atomic E-state index is 0.197. The van der Waals surface area contributed by atoms with Crippen molar-refractivity contribution in [2.75, 3.05) is 38.6 Å². The third-order valence-electron chi connectivity index (χ3n) is 4.33. The van der Waals surface area contributed by atoms with Crippen LogP contribution in [0.2, 0.25) is 0 Å². The van der Waals surface area contributed by atoms with E-state index >= 15 is 0 Å². The molecule has 0 radical (unpaired) electrons. The Morgan fingerprint density at radius 3 is 2.44 bits per heavy atom. The normalized spacial score (nSPS) is 18.5. The molecule has 0 aromatic heterocycles. The number of nitrogens with zero attached hydrogens (tertiary/aromatic N) is 1. The van der Waals surface area contributed by atoms with Crippen molar-refractivity contribution in [2.24, 2.45) is 5.92 Å². The van der Waals surface area contributed by atoms with Gasteiger partial charge in [-0.15, -0.1) is 0 Å². The minimum Gasteiger partial charge on any atom is -0.379 e. The Kier molecular flexibility index (Phi) is 7.42. The van der Waals surface area contributed by atoms with E-state index in [-0.39, 0.29) is 22.6 Å². The highest BCUT2D eigenvalue weighted by Crippen LogP contribution is 2.18. The maximum absolute atomic E-state index is 12.4. The minimum atomic E-state index is -3.49. The number of sulfone groups is 1. The van der Waals surface area contributed by atoms with E-state index in [1.807, 2.05) is 0 Å². The molecule has 0 saturated carbocycles. The standard InChI is InChI=1S/C17H25BrN2O4S/c1-13(12-25(22,23)16-5-3-15(18)4-6-16)17(21)19-11-14(2)20-7-9-24-10-8-20/h3-6,13-14H,7-12H2,1-2H3,(H,19,21)/t13-,14+/m1/s1. The van der Waals surface area contributed by atoms with Crippen molar-refractivity contribution >= 4 is 31.7 Å². The molecule has 0 aliphatic carbocycles. The van der Waals surface area contributed by atoms with Gasteiger partial charge in [-0.25, -0.2) is 8.42 Å². The van der Waals surface area contributed by atoms with E-state index in [0.717, 1.165) is 17.6 Å². The van der Waals surface area contributed by atoms with Crippen molar-refractivity contribution in [3.05, 3.63) is 28.7 Å². The Morgan fingerprint density at radius 2 is 1.84 bits per heavy atom. The number of rotatable bonds is 7. The van der Waals surface area contributed by atoms with Gasteiger partial charge in [0, 0.05) is 36.1 Å². The average Bonchev–Trinajstić information content (AvgIpc) is 2.60. The van der Waals surface area contributed by atoms with Crippen LogP contribution in [0.1, 0.15) is 13.8 Å². The van der Waals surface area contributed by atoms with Crippen LogP contribution in [0.5, 0.6) is 0 Å². The zero-order valence-electron chi connectivity index (χ0n) is 14.6. The molecule has 1 aliphatic rings. The average molecular weight is 433 g/mol. The first-order chi connectivity index (χ1) is 11.8. The molecule has 1 aromatic carbocycles. The summed E-state index contributed by atoms with van der Waals surface area (Å²) >= 11 is 3.28. The monoisotopic (exact) mass is 432 g/mol. The first kappa shape index (κ1) is 20.4. The number of hydrogen-bond acceptors (Lipinski definition) is 5. The van der Waals surface area contributed by atoms with Gasteiger partial charge in [-0.3, -0.25) is 9.69 Å². The number of ether oxygens (including phenoxy) is 1. The molecule has 8 heteroatoms. The topological polar surface area (TPSA) is 75.7 Å². The molecule has 1 aliphatic heterocycles. The van der Waals surface area contributed by atoms with Gasteiger partial charge in [0.1, 0.15) is 0 Å². The molecule has 0 bridgehead atoms. The number of hydrogen-bond donors (Lipinski definition) is 1. The Morgan fingerprint density at radius 1 is 1.24 bits per heavy atom. The number of carbonyl (C=O) groups is 1. The fraction of sp³-hybridized carbons (Fsp3) is 0.588. The van der Waals surface area contributed by atoms with Crippen LogP contribution in [0.3, 0.4) is 0 Å². The highest BCUT2D eigenvalue weighted by atomic mass is 79.9. The third-order valence-corrected chi connectivity index (χ3v) is 6.79. The Balaban J connectivity index is 1.85. The van der Waals surface area contributed by atoms with Gasteiger partial charge in [0.2, 0.25) is 5.91 Å². The van der Waals surface area contributed by atoms with Crippen LogP contribution in [0.4, 0.5) is 0 Å². The molecule has 1 heterocycles. The van der Waals surface area contributed by atoms with Gasteiger partial charge < -0.3 is 10.1 Å². The van der Waals surface area contributed by atoms with Crippen molar-refractivity contribution in [2.45, 2.75) is 24.8 Å². The fourth-order valence-corrected chi connectivity index (χ4v) is 4.53. The van der Waals surface area contributed by atoms with Gasteiger partial charge in [0.15, 0.2) is 9.84 Å². The Labute approximate surface area is 158 Å². The lowest BCUT2D eigenvalue weighted by Gasteiger charge is -2.32. The second-order valence-electron chi connectivity index (χ2n) is 6.38. The largest absolute Gasteiger partial charge is 0.379 e. The quantitative estimate of drug-likeness (QED) is 0.709. The van der Waals surface area contributed by atoms with E-state index in [2.05, 4.69) is 33.1 Å². The van der Waals surface area contributed by atoms with Crippen LogP contribution in [0, 0.1) is 5.92 Å². The summed E-state index contributed by atoms with van der Waals surface area (Å²) in [5.41, 5.74) is 0. The van der Waals surface area contributed by atoms with E-state index in [1.54, 1.807) is 31.2 Å². The molecule has 25 heavy (non-hydrogen) atoms. The first-order valence-corrected chi connectivity index (χ1v) is 10.8. The summed E-state index contributed by atoms with van der Waals surface area (Å²) in [5, 5.41) is 2.87. The lowest BCUT2D eigenvalue weighted by atomic mass is 10.2. The molecule has 1 aromatic rings. The Hall–Kier alpha value is -0.960. The highest BCUT2D eigenvalue weighted by molar-refractivity contribution is 9.10. The molecule has 6 nitrogen and oxygen atoms in total. The zero-order valence-corrected chi connectivity index (χ0v) is 17.0. The summed E-state index contributed by atoms with van der Waals surface area (Å²) in [6, 6.07) is 6.65. The summed E-state index contributed by atoms with van der Waals surface area (Å²) in [5.74, 6) is -1.04. The molecule has 1 amide bonds. The van der Waals surface area contributed by atoms with Gasteiger partial charge >= 0.3 is 0 Å². The van der Waals surface area contributed by atoms with Gasteiger partial charge in [-0.2, -0.15) is 0 Å². The molecule has 0 unspecified atom stereocenters. The predicted molar refractivity (Wildman–Crippen MR) is 100 cm³/mol. The summed E-state index contributed by atoms with van der Waals surface area (Å²) in [7, 11) is -3.49. The second kappa shape index (κ2) is 9.12.